The number of hydrogen-bond acceptors (Lipinski definition) is 8. The molecule has 1 N–H and O–H groups in total. The van der Waals surface area contributed by atoms with Gasteiger partial charge in [-0.15, -0.1) is 0 Å². The van der Waals surface area contributed by atoms with Crippen molar-refractivity contribution in [2.45, 2.75) is 30.7 Å². The number of fused-ring (bicyclic) bond motifs is 2. The monoisotopic (exact) mass is 533 g/mol. The largest absolute Gasteiger partial charge is 0.457 e. The fourth-order valence-corrected chi connectivity index (χ4v) is 6.21. The van der Waals surface area contributed by atoms with Crippen molar-refractivity contribution in [3.05, 3.63) is 60.3 Å². The van der Waals surface area contributed by atoms with Gasteiger partial charge in [-0.25, -0.2) is 23.4 Å². The Kier molecular flexibility index (Phi) is 5.68. The maximum atomic E-state index is 12.4. The van der Waals surface area contributed by atoms with Crippen molar-refractivity contribution in [3.8, 4) is 22.3 Å². The van der Waals surface area contributed by atoms with E-state index in [4.69, 9.17) is 9.72 Å². The third-order valence-electron chi connectivity index (χ3n) is 6.48. The van der Waals surface area contributed by atoms with Crippen molar-refractivity contribution >= 4 is 48.5 Å². The highest BCUT2D eigenvalue weighted by molar-refractivity contribution is 7.90. The maximum Gasteiger partial charge on any atom is 0.219 e. The number of rotatable bonds is 5. The molecule has 2 aromatic carbocycles. The number of amides is 1. The summed E-state index contributed by atoms with van der Waals surface area (Å²) < 4.78 is 30.0. The van der Waals surface area contributed by atoms with E-state index in [0.29, 0.717) is 29.4 Å². The van der Waals surface area contributed by atoms with Gasteiger partial charge in [-0.2, -0.15) is 0 Å². The van der Waals surface area contributed by atoms with E-state index in [1.165, 1.54) is 29.7 Å². The van der Waals surface area contributed by atoms with Crippen molar-refractivity contribution < 1.29 is 17.9 Å². The van der Waals surface area contributed by atoms with Crippen molar-refractivity contribution in [1.29, 1.82) is 0 Å². The van der Waals surface area contributed by atoms with E-state index in [1.807, 2.05) is 29.2 Å². The van der Waals surface area contributed by atoms with Crippen molar-refractivity contribution in [2.75, 3.05) is 12.8 Å². The van der Waals surface area contributed by atoms with Crippen LogP contribution in [0.1, 0.15) is 31.4 Å². The number of sulfone groups is 1. The molecule has 1 amide bonds. The van der Waals surface area contributed by atoms with Gasteiger partial charge in [-0.1, -0.05) is 11.3 Å². The topological polar surface area (TPSA) is 118 Å². The summed E-state index contributed by atoms with van der Waals surface area (Å²) in [5, 5.41) is 0.733. The SMILES string of the molecule is CC(=O)N1CCCC1c1cc2[nH]c(-c3nc4cccnc4s3)nc2cc1Oc1ccc(S(C)(=O)=O)cc1. The van der Waals surface area contributed by atoms with Crippen LogP contribution in [0.5, 0.6) is 11.5 Å². The molecule has 1 atom stereocenters. The van der Waals surface area contributed by atoms with E-state index in [9.17, 15) is 13.2 Å². The summed E-state index contributed by atoms with van der Waals surface area (Å²) in [6.45, 7) is 2.27. The number of aromatic nitrogens is 4. The Morgan fingerprint density at radius 2 is 1.95 bits per heavy atom. The third-order valence-corrected chi connectivity index (χ3v) is 8.59. The second kappa shape index (κ2) is 8.93. The standard InChI is InChI=1S/C26H23N5O4S2/c1-15(32)31-12-4-6-22(31)18-13-20-21(14-23(18)35-16-7-9-17(10-8-16)37(2,33)34)29-24(28-20)26-30-19-5-3-11-27-25(19)36-26/h3,5,7-11,13-14,22H,4,6,12H2,1-2H3,(H,28,29). The van der Waals surface area contributed by atoms with Crippen molar-refractivity contribution in [3.63, 3.8) is 0 Å². The zero-order valence-electron chi connectivity index (χ0n) is 20.1. The molecular formula is C26H23N5O4S2. The van der Waals surface area contributed by atoms with Crippen molar-refractivity contribution in [2.24, 2.45) is 0 Å². The number of carbonyl (C=O) groups is 1. The van der Waals surface area contributed by atoms with Crippen LogP contribution < -0.4 is 4.74 Å². The number of imidazole rings is 1. The van der Waals surface area contributed by atoms with Gasteiger partial charge in [0.15, 0.2) is 20.7 Å². The van der Waals surface area contributed by atoms with Crippen LogP contribution in [0.4, 0.5) is 0 Å². The van der Waals surface area contributed by atoms with Crippen LogP contribution in [0.2, 0.25) is 0 Å². The van der Waals surface area contributed by atoms with Crippen LogP contribution in [-0.4, -0.2) is 52.0 Å². The molecule has 5 aromatic rings. The first-order valence-electron chi connectivity index (χ1n) is 11.8. The van der Waals surface area contributed by atoms with Crippen LogP contribution in [-0.2, 0) is 14.6 Å². The highest BCUT2D eigenvalue weighted by atomic mass is 32.2. The third kappa shape index (κ3) is 4.44. The molecule has 188 valence electrons. The Balaban J connectivity index is 1.44. The zero-order valence-corrected chi connectivity index (χ0v) is 21.8. The predicted molar refractivity (Wildman–Crippen MR) is 141 cm³/mol. The first-order valence-corrected chi connectivity index (χ1v) is 14.5. The fourth-order valence-electron chi connectivity index (χ4n) is 4.72. The molecule has 0 radical (unpaired) electrons. The van der Waals surface area contributed by atoms with E-state index in [0.717, 1.165) is 39.3 Å². The van der Waals surface area contributed by atoms with Crippen LogP contribution >= 0.6 is 11.3 Å². The Bertz CT molecular complexity index is 1730. The molecule has 1 saturated heterocycles. The summed E-state index contributed by atoms with van der Waals surface area (Å²) in [4.78, 5) is 32.5. The molecule has 1 aliphatic heterocycles. The Hall–Kier alpha value is -3.83. The number of ether oxygens (including phenoxy) is 1. The number of likely N-dealkylation sites (tertiary alicyclic amines) is 1. The number of nitrogens with zero attached hydrogens (tertiary/aromatic N) is 4. The lowest BCUT2D eigenvalue weighted by molar-refractivity contribution is -0.129. The summed E-state index contributed by atoms with van der Waals surface area (Å²) in [7, 11) is -3.32. The van der Waals surface area contributed by atoms with Crippen LogP contribution in [0.3, 0.4) is 0 Å². The maximum absolute atomic E-state index is 12.4. The summed E-state index contributed by atoms with van der Waals surface area (Å²) >= 11 is 1.46. The van der Waals surface area contributed by atoms with Crippen LogP contribution in [0.15, 0.2) is 59.6 Å². The average molecular weight is 534 g/mol. The van der Waals surface area contributed by atoms with E-state index >= 15 is 0 Å². The summed E-state index contributed by atoms with van der Waals surface area (Å²) in [5.74, 6) is 1.71. The molecule has 0 saturated carbocycles. The van der Waals surface area contributed by atoms with Gasteiger partial charge in [-0.3, -0.25) is 4.79 Å². The number of hydrogen-bond donors (Lipinski definition) is 1. The highest BCUT2D eigenvalue weighted by Crippen LogP contribution is 2.41. The molecule has 6 rings (SSSR count). The molecule has 3 aromatic heterocycles. The fraction of sp³-hybridized carbons (Fsp3) is 0.231. The van der Waals surface area contributed by atoms with Gasteiger partial charge in [0.25, 0.3) is 0 Å². The minimum Gasteiger partial charge on any atom is -0.457 e. The van der Waals surface area contributed by atoms with E-state index in [1.54, 1.807) is 25.3 Å². The molecule has 4 heterocycles. The Labute approximate surface area is 217 Å². The number of H-pyrrole nitrogens is 1. The van der Waals surface area contributed by atoms with Gasteiger partial charge in [0, 0.05) is 37.6 Å². The molecule has 0 aliphatic carbocycles. The summed E-state index contributed by atoms with van der Waals surface area (Å²) in [6.07, 6.45) is 4.63. The quantitative estimate of drug-likeness (QED) is 0.333. The zero-order chi connectivity index (χ0) is 25.7. The average Bonchev–Trinajstić information content (AvgIpc) is 3.60. The van der Waals surface area contributed by atoms with Gasteiger partial charge in [-0.05, 0) is 55.3 Å². The molecule has 9 nitrogen and oxygen atoms in total. The number of carbonyl (C=O) groups excluding carboxylic acids is 1. The minimum absolute atomic E-state index is 0.0123. The van der Waals surface area contributed by atoms with Gasteiger partial charge >= 0.3 is 0 Å². The normalized spacial score (nSPS) is 16.1. The number of nitrogens with one attached hydrogen (secondary N) is 1. The molecule has 11 heteroatoms. The predicted octanol–water partition coefficient (Wildman–Crippen LogP) is 5.11. The van der Waals surface area contributed by atoms with E-state index < -0.39 is 9.84 Å². The molecule has 1 aliphatic rings. The molecule has 0 spiro atoms. The smallest absolute Gasteiger partial charge is 0.219 e. The lowest BCUT2D eigenvalue weighted by Gasteiger charge is -2.25. The second-order valence-electron chi connectivity index (χ2n) is 9.06. The second-order valence-corrected chi connectivity index (χ2v) is 12.0. The van der Waals surface area contributed by atoms with Gasteiger partial charge < -0.3 is 14.6 Å². The first kappa shape index (κ1) is 23.6. The first-order chi connectivity index (χ1) is 17.8. The molecule has 1 unspecified atom stereocenters. The Morgan fingerprint density at radius 1 is 1.14 bits per heavy atom. The highest BCUT2D eigenvalue weighted by Gasteiger charge is 2.31. The lowest BCUT2D eigenvalue weighted by atomic mass is 10.0. The summed E-state index contributed by atoms with van der Waals surface area (Å²) in [6, 6.07) is 13.8. The lowest BCUT2D eigenvalue weighted by Crippen LogP contribution is -2.28. The van der Waals surface area contributed by atoms with Crippen molar-refractivity contribution in [1.82, 2.24) is 24.8 Å². The van der Waals surface area contributed by atoms with E-state index in [-0.39, 0.29) is 16.8 Å². The van der Waals surface area contributed by atoms with E-state index in [2.05, 4.69) is 15.0 Å². The van der Waals surface area contributed by atoms with Gasteiger partial charge in [0.2, 0.25) is 5.91 Å². The number of pyridine rings is 1. The van der Waals surface area contributed by atoms with Gasteiger partial charge in [0.05, 0.1) is 22.0 Å². The number of benzene rings is 2. The molecule has 0 bridgehead atoms. The minimum atomic E-state index is -3.32. The summed E-state index contributed by atoms with van der Waals surface area (Å²) in [5.41, 5.74) is 3.19. The molecule has 1 fully saturated rings. The molecule has 37 heavy (non-hydrogen) atoms. The molecular weight excluding hydrogens is 510 g/mol. The van der Waals surface area contributed by atoms with Crippen LogP contribution in [0, 0.1) is 0 Å². The number of aromatic amines is 1. The Morgan fingerprint density at radius 3 is 2.68 bits per heavy atom. The number of thiazole rings is 1. The van der Waals surface area contributed by atoms with Crippen LogP contribution in [0.25, 0.3) is 32.2 Å². The van der Waals surface area contributed by atoms with Gasteiger partial charge in [0.1, 0.15) is 21.8 Å².